The summed E-state index contributed by atoms with van der Waals surface area (Å²) in [6, 6.07) is 0. The van der Waals surface area contributed by atoms with Gasteiger partial charge in [-0.25, -0.2) is 0 Å². The molecule has 1 fully saturated rings. The van der Waals surface area contributed by atoms with Crippen molar-refractivity contribution >= 4 is 0 Å². The van der Waals surface area contributed by atoms with Crippen LogP contribution in [0.3, 0.4) is 0 Å². The van der Waals surface area contributed by atoms with Crippen molar-refractivity contribution in [1.29, 1.82) is 0 Å². The zero-order valence-corrected chi connectivity index (χ0v) is 11.9. The first-order valence-corrected chi connectivity index (χ1v) is 6.72. The normalized spacial score (nSPS) is 25.6. The highest BCUT2D eigenvalue weighted by atomic mass is 16.3. The van der Waals surface area contributed by atoms with Crippen molar-refractivity contribution in [3.8, 4) is 0 Å². The molecule has 1 rings (SSSR count). The minimum absolute atomic E-state index is 0.450. The zero-order chi connectivity index (χ0) is 12.5. The molecule has 0 aromatic heterocycles. The fourth-order valence-corrected chi connectivity index (χ4v) is 2.08. The van der Waals surface area contributed by atoms with E-state index < -0.39 is 5.60 Å². The second-order valence-electron chi connectivity index (χ2n) is 4.62. The molecule has 1 N–H and O–H groups in total. The number of aliphatic hydroxyl groups is 1. The molecule has 0 bridgehead atoms. The lowest BCUT2D eigenvalue weighted by Crippen LogP contribution is -2.34. The first-order valence-electron chi connectivity index (χ1n) is 6.72. The van der Waals surface area contributed by atoms with E-state index in [0.717, 1.165) is 5.92 Å². The van der Waals surface area contributed by atoms with Gasteiger partial charge in [0.15, 0.2) is 0 Å². The highest BCUT2D eigenvalue weighted by molar-refractivity contribution is 4.82. The molecule has 1 aliphatic rings. The van der Waals surface area contributed by atoms with Crippen molar-refractivity contribution in [3.05, 3.63) is 0 Å². The van der Waals surface area contributed by atoms with Crippen molar-refractivity contribution < 1.29 is 5.11 Å². The SMILES string of the molecule is CC.CC.CC1CCCC(C(C)(C)O)C1. The predicted octanol–water partition coefficient (Wildman–Crippen LogP) is 4.64. The zero-order valence-electron chi connectivity index (χ0n) is 11.9. The summed E-state index contributed by atoms with van der Waals surface area (Å²) < 4.78 is 0. The molecule has 0 aromatic rings. The molecule has 2 atom stereocenters. The van der Waals surface area contributed by atoms with Crippen LogP contribution in [0.25, 0.3) is 0 Å². The molecule has 94 valence electrons. The molecule has 1 nitrogen and oxygen atoms in total. The molecule has 15 heavy (non-hydrogen) atoms. The third kappa shape index (κ3) is 7.84. The number of hydrogen-bond donors (Lipinski definition) is 1. The molecule has 1 aliphatic carbocycles. The maximum atomic E-state index is 9.76. The average molecular weight is 216 g/mol. The van der Waals surface area contributed by atoms with E-state index >= 15 is 0 Å². The molecule has 0 aliphatic heterocycles. The van der Waals surface area contributed by atoms with Gasteiger partial charge in [0.1, 0.15) is 0 Å². The van der Waals surface area contributed by atoms with Crippen molar-refractivity contribution in [2.24, 2.45) is 11.8 Å². The van der Waals surface area contributed by atoms with Crippen molar-refractivity contribution in [2.75, 3.05) is 0 Å². The second kappa shape index (κ2) is 9.21. The Morgan fingerprint density at radius 2 is 1.47 bits per heavy atom. The van der Waals surface area contributed by atoms with Crippen LogP contribution in [-0.4, -0.2) is 10.7 Å². The average Bonchev–Trinajstić information content (AvgIpc) is 2.23. The topological polar surface area (TPSA) is 20.2 Å². The van der Waals surface area contributed by atoms with E-state index in [2.05, 4.69) is 6.92 Å². The maximum absolute atomic E-state index is 9.76. The minimum atomic E-state index is -0.450. The molecule has 0 spiro atoms. The Morgan fingerprint density at radius 3 is 1.73 bits per heavy atom. The van der Waals surface area contributed by atoms with Gasteiger partial charge in [-0.15, -0.1) is 0 Å². The van der Waals surface area contributed by atoms with Crippen LogP contribution in [-0.2, 0) is 0 Å². The van der Waals surface area contributed by atoms with E-state index in [4.69, 9.17) is 0 Å². The molecule has 0 heterocycles. The van der Waals surface area contributed by atoms with Crippen LogP contribution < -0.4 is 0 Å². The van der Waals surface area contributed by atoms with Crippen LogP contribution in [0, 0.1) is 11.8 Å². The van der Waals surface area contributed by atoms with E-state index in [0.29, 0.717) is 5.92 Å². The smallest absolute Gasteiger partial charge is 0.0619 e. The quantitative estimate of drug-likeness (QED) is 0.677. The van der Waals surface area contributed by atoms with Gasteiger partial charge in [0.2, 0.25) is 0 Å². The second-order valence-corrected chi connectivity index (χ2v) is 4.62. The van der Waals surface area contributed by atoms with E-state index in [9.17, 15) is 5.11 Å². The predicted molar refractivity (Wildman–Crippen MR) is 70.1 cm³/mol. The highest BCUT2D eigenvalue weighted by Gasteiger charge is 2.30. The molecule has 2 unspecified atom stereocenters. The van der Waals surface area contributed by atoms with Crippen molar-refractivity contribution in [1.82, 2.24) is 0 Å². The molecule has 0 radical (unpaired) electrons. The first-order chi connectivity index (χ1) is 7.00. The van der Waals surface area contributed by atoms with Crippen LogP contribution in [0.15, 0.2) is 0 Å². The summed E-state index contributed by atoms with van der Waals surface area (Å²) in [6.45, 7) is 14.2. The highest BCUT2D eigenvalue weighted by Crippen LogP contribution is 2.35. The summed E-state index contributed by atoms with van der Waals surface area (Å²) in [5.74, 6) is 1.35. The largest absolute Gasteiger partial charge is 0.390 e. The molecule has 0 amide bonds. The third-order valence-electron chi connectivity index (χ3n) is 2.94. The van der Waals surface area contributed by atoms with Gasteiger partial charge in [-0.2, -0.15) is 0 Å². The fraction of sp³-hybridized carbons (Fsp3) is 1.00. The minimum Gasteiger partial charge on any atom is -0.390 e. The summed E-state index contributed by atoms with van der Waals surface area (Å²) in [6.07, 6.45) is 5.08. The summed E-state index contributed by atoms with van der Waals surface area (Å²) in [7, 11) is 0. The van der Waals surface area contributed by atoms with Crippen LogP contribution in [0.4, 0.5) is 0 Å². The Labute approximate surface area is 97.3 Å². The lowest BCUT2D eigenvalue weighted by molar-refractivity contribution is -0.00781. The van der Waals surface area contributed by atoms with E-state index in [1.165, 1.54) is 25.7 Å². The Hall–Kier alpha value is -0.0400. The van der Waals surface area contributed by atoms with Gasteiger partial charge in [0.05, 0.1) is 5.60 Å². The van der Waals surface area contributed by atoms with E-state index in [1.54, 1.807) is 0 Å². The van der Waals surface area contributed by atoms with Gasteiger partial charge >= 0.3 is 0 Å². The van der Waals surface area contributed by atoms with E-state index in [-0.39, 0.29) is 0 Å². The summed E-state index contributed by atoms with van der Waals surface area (Å²) in [5, 5.41) is 9.76. The fourth-order valence-electron chi connectivity index (χ4n) is 2.08. The molecular weight excluding hydrogens is 184 g/mol. The summed E-state index contributed by atoms with van der Waals surface area (Å²) in [5.41, 5.74) is -0.450. The van der Waals surface area contributed by atoms with Gasteiger partial charge in [-0.1, -0.05) is 47.5 Å². The van der Waals surface area contributed by atoms with Gasteiger partial charge < -0.3 is 5.11 Å². The Morgan fingerprint density at radius 1 is 1.00 bits per heavy atom. The van der Waals surface area contributed by atoms with Crippen LogP contribution in [0.2, 0.25) is 0 Å². The Bertz CT molecular complexity index is 124. The van der Waals surface area contributed by atoms with Gasteiger partial charge in [0.25, 0.3) is 0 Å². The lowest BCUT2D eigenvalue weighted by atomic mass is 9.75. The van der Waals surface area contributed by atoms with Gasteiger partial charge in [-0.05, 0) is 38.5 Å². The van der Waals surface area contributed by atoms with Gasteiger partial charge in [-0.3, -0.25) is 0 Å². The number of hydrogen-bond acceptors (Lipinski definition) is 1. The molecule has 0 aromatic carbocycles. The molecular formula is C14H32O. The van der Waals surface area contributed by atoms with Crippen LogP contribution in [0.1, 0.15) is 74.1 Å². The maximum Gasteiger partial charge on any atom is 0.0619 e. The van der Waals surface area contributed by atoms with Crippen LogP contribution in [0.5, 0.6) is 0 Å². The monoisotopic (exact) mass is 216 g/mol. The number of rotatable bonds is 1. The third-order valence-corrected chi connectivity index (χ3v) is 2.94. The Balaban J connectivity index is 0. The summed E-state index contributed by atoms with van der Waals surface area (Å²) >= 11 is 0. The van der Waals surface area contributed by atoms with Crippen molar-refractivity contribution in [3.63, 3.8) is 0 Å². The molecule has 0 saturated heterocycles. The van der Waals surface area contributed by atoms with Crippen LogP contribution >= 0.6 is 0 Å². The summed E-state index contributed by atoms with van der Waals surface area (Å²) in [4.78, 5) is 0. The Kier molecular flexibility index (Phi) is 10.7. The standard InChI is InChI=1S/C10H20O.2C2H6/c1-8-5-4-6-9(7-8)10(2,3)11;2*1-2/h8-9,11H,4-7H2,1-3H3;2*1-2H3. The van der Waals surface area contributed by atoms with Crippen molar-refractivity contribution in [2.45, 2.75) is 79.8 Å². The molecule has 1 heteroatoms. The van der Waals surface area contributed by atoms with E-state index in [1.807, 2.05) is 41.5 Å². The molecule has 1 saturated carbocycles. The first kappa shape index (κ1) is 17.4. The lowest BCUT2D eigenvalue weighted by Gasteiger charge is -2.35. The van der Waals surface area contributed by atoms with Gasteiger partial charge in [0, 0.05) is 0 Å².